The number of ether oxygens (including phenoxy) is 2. The largest absolute Gasteiger partial charge is 0.493 e. The number of pyridine rings is 1. The van der Waals surface area contributed by atoms with E-state index in [0.717, 1.165) is 22.4 Å². The Kier molecular flexibility index (Phi) is 5.03. The van der Waals surface area contributed by atoms with Crippen molar-refractivity contribution in [3.8, 4) is 11.5 Å². The molecule has 1 heterocycles. The summed E-state index contributed by atoms with van der Waals surface area (Å²) < 4.78 is 38.4. The molecule has 0 saturated carbocycles. The fourth-order valence-corrected chi connectivity index (χ4v) is 2.28. The molecule has 0 aliphatic heterocycles. The van der Waals surface area contributed by atoms with Crippen molar-refractivity contribution in [1.82, 2.24) is 4.98 Å². The van der Waals surface area contributed by atoms with Crippen LogP contribution in [0.5, 0.6) is 11.5 Å². The van der Waals surface area contributed by atoms with Gasteiger partial charge in [0.1, 0.15) is 5.69 Å². The molecule has 0 spiro atoms. The minimum Gasteiger partial charge on any atom is -0.493 e. The van der Waals surface area contributed by atoms with Gasteiger partial charge in [0.25, 0.3) is 0 Å². The molecular weight excluding hydrogens is 302 g/mol. The van der Waals surface area contributed by atoms with Gasteiger partial charge in [-0.3, -0.25) is 4.98 Å². The van der Waals surface area contributed by atoms with E-state index in [1.54, 1.807) is 6.20 Å². The zero-order valence-corrected chi connectivity index (χ0v) is 13.9. The van der Waals surface area contributed by atoms with Crippen LogP contribution in [0.1, 0.15) is 22.4 Å². The highest BCUT2D eigenvalue weighted by Crippen LogP contribution is 2.35. The van der Waals surface area contributed by atoms with Crippen LogP contribution in [-0.4, -0.2) is 19.2 Å². The number of hydrogen-bond acceptors (Lipinski definition) is 4. The predicted octanol–water partition coefficient (Wildman–Crippen LogP) is 3.91. The van der Waals surface area contributed by atoms with E-state index in [-0.39, 0.29) is 23.7 Å². The minimum atomic E-state index is -0.791. The minimum absolute atomic E-state index is 0.0827. The number of methoxy groups -OCH3 is 2. The van der Waals surface area contributed by atoms with E-state index in [9.17, 15) is 8.78 Å². The summed E-state index contributed by atoms with van der Waals surface area (Å²) >= 11 is 0. The first-order valence-electron chi connectivity index (χ1n) is 7.16. The number of nitrogens with zero attached hydrogens (tertiary/aromatic N) is 1. The number of hydrogen-bond donors (Lipinski definition) is 1. The molecule has 2 aromatic rings. The molecule has 0 unspecified atom stereocenters. The molecule has 1 N–H and O–H groups in total. The van der Waals surface area contributed by atoms with Crippen molar-refractivity contribution in [2.75, 3.05) is 19.5 Å². The van der Waals surface area contributed by atoms with Crippen LogP contribution in [0.4, 0.5) is 14.5 Å². The maximum atomic E-state index is 14.3. The average molecular weight is 322 g/mol. The highest BCUT2D eigenvalue weighted by molar-refractivity contribution is 5.57. The Bertz CT molecular complexity index is 705. The Morgan fingerprint density at radius 2 is 1.57 bits per heavy atom. The molecule has 0 bridgehead atoms. The van der Waals surface area contributed by atoms with Crippen LogP contribution in [0.25, 0.3) is 0 Å². The molecular formula is C17H20F2N2O2. The zero-order valence-electron chi connectivity index (χ0n) is 13.9. The second-order valence-corrected chi connectivity index (χ2v) is 5.26. The molecule has 0 radical (unpaired) electrons. The molecule has 2 rings (SSSR count). The van der Waals surface area contributed by atoms with Crippen LogP contribution >= 0.6 is 0 Å². The summed E-state index contributed by atoms with van der Waals surface area (Å²) in [7, 11) is 2.63. The number of aryl methyl sites for hydroxylation is 1. The molecule has 0 fully saturated rings. The molecule has 23 heavy (non-hydrogen) atoms. The summed E-state index contributed by atoms with van der Waals surface area (Å²) in [6.45, 7) is 6.09. The first-order valence-corrected chi connectivity index (χ1v) is 7.16. The third kappa shape index (κ3) is 3.21. The lowest BCUT2D eigenvalue weighted by Crippen LogP contribution is -2.09. The Morgan fingerprint density at radius 1 is 1.00 bits per heavy atom. The molecule has 0 aliphatic rings. The van der Waals surface area contributed by atoms with E-state index in [2.05, 4.69) is 10.3 Å². The lowest BCUT2D eigenvalue weighted by Gasteiger charge is -2.16. The van der Waals surface area contributed by atoms with Crippen molar-refractivity contribution in [3.63, 3.8) is 0 Å². The number of halogens is 2. The fourth-order valence-electron chi connectivity index (χ4n) is 2.28. The van der Waals surface area contributed by atoms with Crippen molar-refractivity contribution in [1.29, 1.82) is 0 Å². The number of nitrogens with one attached hydrogen (secondary N) is 1. The maximum Gasteiger partial charge on any atom is 0.191 e. The van der Waals surface area contributed by atoms with Gasteiger partial charge in [0.05, 0.1) is 14.2 Å². The van der Waals surface area contributed by atoms with Crippen LogP contribution in [0, 0.1) is 32.4 Å². The number of rotatable bonds is 5. The van der Waals surface area contributed by atoms with E-state index < -0.39 is 11.6 Å². The fraction of sp³-hybridized carbons (Fsp3) is 0.353. The third-order valence-electron chi connectivity index (χ3n) is 4.03. The van der Waals surface area contributed by atoms with Gasteiger partial charge in [0, 0.05) is 24.5 Å². The van der Waals surface area contributed by atoms with E-state index in [1.807, 2.05) is 20.8 Å². The third-order valence-corrected chi connectivity index (χ3v) is 4.03. The van der Waals surface area contributed by atoms with Gasteiger partial charge in [-0.25, -0.2) is 8.78 Å². The second-order valence-electron chi connectivity index (χ2n) is 5.26. The summed E-state index contributed by atoms with van der Waals surface area (Å²) in [5.74, 6) is -1.75. The van der Waals surface area contributed by atoms with Gasteiger partial charge in [-0.05, 0) is 37.5 Å². The van der Waals surface area contributed by atoms with Crippen molar-refractivity contribution < 1.29 is 18.3 Å². The van der Waals surface area contributed by atoms with Crippen molar-refractivity contribution in [2.24, 2.45) is 0 Å². The van der Waals surface area contributed by atoms with Gasteiger partial charge < -0.3 is 14.8 Å². The quantitative estimate of drug-likeness (QED) is 0.906. The lowest BCUT2D eigenvalue weighted by atomic mass is 10.0. The molecule has 4 nitrogen and oxygen atoms in total. The van der Waals surface area contributed by atoms with Crippen molar-refractivity contribution >= 4 is 5.69 Å². The summed E-state index contributed by atoms with van der Waals surface area (Å²) in [6.07, 6.45) is 1.71. The Labute approximate surface area is 134 Å². The molecule has 0 saturated heterocycles. The van der Waals surface area contributed by atoms with Gasteiger partial charge in [-0.1, -0.05) is 0 Å². The SMILES string of the molecule is COc1cc(OC)c(F)c(NCc2cnc(C)c(C)c2C)c1F. The Hall–Kier alpha value is -2.37. The lowest BCUT2D eigenvalue weighted by molar-refractivity contribution is 0.360. The molecule has 0 atom stereocenters. The maximum absolute atomic E-state index is 14.3. The van der Waals surface area contributed by atoms with Gasteiger partial charge in [-0.15, -0.1) is 0 Å². The summed E-state index contributed by atoms with van der Waals surface area (Å²) in [5.41, 5.74) is 3.63. The summed E-state index contributed by atoms with van der Waals surface area (Å²) in [6, 6.07) is 1.18. The smallest absolute Gasteiger partial charge is 0.191 e. The molecule has 1 aromatic heterocycles. The van der Waals surface area contributed by atoms with E-state index in [1.165, 1.54) is 20.3 Å². The summed E-state index contributed by atoms with van der Waals surface area (Å²) in [4.78, 5) is 4.29. The van der Waals surface area contributed by atoms with Gasteiger partial charge in [0.15, 0.2) is 23.1 Å². The number of anilines is 1. The standard InChI is InChI=1S/C17H20F2N2O2/c1-9-10(2)12(7-20-11(9)3)8-21-17-15(18)13(22-4)6-14(23-5)16(17)19/h6-7,21H,8H2,1-5H3. The molecule has 6 heteroatoms. The van der Waals surface area contributed by atoms with Crippen LogP contribution in [-0.2, 0) is 6.54 Å². The first kappa shape index (κ1) is 17.0. The van der Waals surface area contributed by atoms with E-state index in [4.69, 9.17) is 9.47 Å². The van der Waals surface area contributed by atoms with E-state index in [0.29, 0.717) is 0 Å². The predicted molar refractivity (Wildman–Crippen MR) is 85.2 cm³/mol. The van der Waals surface area contributed by atoms with Crippen LogP contribution in [0.3, 0.4) is 0 Å². The average Bonchev–Trinajstić information content (AvgIpc) is 2.54. The Balaban J connectivity index is 2.36. The first-order chi connectivity index (χ1) is 10.9. The highest BCUT2D eigenvalue weighted by atomic mass is 19.1. The van der Waals surface area contributed by atoms with Gasteiger partial charge in [-0.2, -0.15) is 0 Å². The van der Waals surface area contributed by atoms with Gasteiger partial charge >= 0.3 is 0 Å². The normalized spacial score (nSPS) is 10.6. The van der Waals surface area contributed by atoms with Gasteiger partial charge in [0.2, 0.25) is 0 Å². The topological polar surface area (TPSA) is 43.4 Å². The van der Waals surface area contributed by atoms with Crippen LogP contribution in [0.15, 0.2) is 12.3 Å². The van der Waals surface area contributed by atoms with Crippen molar-refractivity contribution in [3.05, 3.63) is 46.3 Å². The van der Waals surface area contributed by atoms with Crippen LogP contribution < -0.4 is 14.8 Å². The van der Waals surface area contributed by atoms with E-state index >= 15 is 0 Å². The molecule has 124 valence electrons. The highest BCUT2D eigenvalue weighted by Gasteiger charge is 2.20. The molecule has 0 aliphatic carbocycles. The monoisotopic (exact) mass is 322 g/mol. The zero-order chi connectivity index (χ0) is 17.1. The molecule has 0 amide bonds. The summed E-state index contributed by atoms with van der Waals surface area (Å²) in [5, 5.41) is 2.78. The molecule has 1 aromatic carbocycles. The second kappa shape index (κ2) is 6.81. The number of aromatic nitrogens is 1. The Morgan fingerprint density at radius 3 is 2.09 bits per heavy atom. The van der Waals surface area contributed by atoms with Crippen molar-refractivity contribution in [2.45, 2.75) is 27.3 Å². The number of benzene rings is 1. The van der Waals surface area contributed by atoms with Crippen LogP contribution in [0.2, 0.25) is 0 Å².